The number of hydrogen-bond acceptors (Lipinski definition) is 4. The van der Waals surface area contributed by atoms with E-state index in [1.54, 1.807) is 32.9 Å². The predicted octanol–water partition coefficient (Wildman–Crippen LogP) is 2.20. The van der Waals surface area contributed by atoms with Gasteiger partial charge < -0.3 is 5.11 Å². The van der Waals surface area contributed by atoms with Crippen LogP contribution in [0.1, 0.15) is 26.3 Å². The highest BCUT2D eigenvalue weighted by atomic mass is 32.2. The highest BCUT2D eigenvalue weighted by Gasteiger charge is 2.37. The standard InChI is InChI=1S/C13H18O5S/c1-9-5-7-10(8-6-9)19(16,17)18-11(12(14)15)13(2,3)4/h5-8,11H,1-4H3,(H,14,15). The lowest BCUT2D eigenvalue weighted by Crippen LogP contribution is -2.38. The molecule has 0 bridgehead atoms. The van der Waals surface area contributed by atoms with E-state index in [9.17, 15) is 13.2 Å². The van der Waals surface area contributed by atoms with Gasteiger partial charge in [-0.2, -0.15) is 8.42 Å². The monoisotopic (exact) mass is 286 g/mol. The number of benzene rings is 1. The fourth-order valence-electron chi connectivity index (χ4n) is 1.44. The largest absolute Gasteiger partial charge is 0.479 e. The zero-order chi connectivity index (χ0) is 14.8. The molecule has 5 nitrogen and oxygen atoms in total. The number of aliphatic carboxylic acids is 1. The van der Waals surface area contributed by atoms with E-state index in [0.717, 1.165) is 5.56 Å². The molecule has 1 unspecified atom stereocenters. The molecule has 0 saturated carbocycles. The molecular formula is C13H18O5S. The van der Waals surface area contributed by atoms with Crippen molar-refractivity contribution in [3.8, 4) is 0 Å². The Labute approximate surface area is 113 Å². The van der Waals surface area contributed by atoms with Gasteiger partial charge in [0.25, 0.3) is 10.1 Å². The number of rotatable bonds is 4. The molecule has 1 N–H and O–H groups in total. The molecule has 0 aromatic heterocycles. The zero-order valence-electron chi connectivity index (χ0n) is 11.4. The molecule has 0 amide bonds. The van der Waals surface area contributed by atoms with Crippen molar-refractivity contribution >= 4 is 16.1 Å². The highest BCUT2D eigenvalue weighted by Crippen LogP contribution is 2.26. The lowest BCUT2D eigenvalue weighted by Gasteiger charge is -2.26. The molecule has 0 spiro atoms. The molecular weight excluding hydrogens is 268 g/mol. The van der Waals surface area contributed by atoms with E-state index in [-0.39, 0.29) is 4.90 Å². The van der Waals surface area contributed by atoms with Crippen LogP contribution in [0.3, 0.4) is 0 Å². The maximum atomic E-state index is 12.0. The van der Waals surface area contributed by atoms with Gasteiger partial charge >= 0.3 is 5.97 Å². The van der Waals surface area contributed by atoms with Crippen molar-refractivity contribution in [2.75, 3.05) is 0 Å². The van der Waals surface area contributed by atoms with Crippen LogP contribution in [0.15, 0.2) is 29.2 Å². The quantitative estimate of drug-likeness (QED) is 0.858. The molecule has 19 heavy (non-hydrogen) atoms. The van der Waals surface area contributed by atoms with Gasteiger partial charge in [-0.05, 0) is 19.1 Å². The van der Waals surface area contributed by atoms with Gasteiger partial charge in [0.15, 0.2) is 6.10 Å². The molecule has 0 radical (unpaired) electrons. The molecule has 0 heterocycles. The predicted molar refractivity (Wildman–Crippen MR) is 70.3 cm³/mol. The minimum Gasteiger partial charge on any atom is -0.479 e. The van der Waals surface area contributed by atoms with Gasteiger partial charge in [0.2, 0.25) is 0 Å². The van der Waals surface area contributed by atoms with Crippen LogP contribution in [-0.4, -0.2) is 25.6 Å². The van der Waals surface area contributed by atoms with Crippen molar-refractivity contribution in [3.63, 3.8) is 0 Å². The van der Waals surface area contributed by atoms with Crippen LogP contribution in [0.25, 0.3) is 0 Å². The lowest BCUT2D eigenvalue weighted by atomic mass is 9.89. The van der Waals surface area contributed by atoms with Crippen LogP contribution < -0.4 is 0 Å². The molecule has 106 valence electrons. The summed E-state index contributed by atoms with van der Waals surface area (Å²) in [5.41, 5.74) is 0.0772. The molecule has 1 rings (SSSR count). The molecule has 0 aliphatic rings. The fraction of sp³-hybridized carbons (Fsp3) is 0.462. The molecule has 1 aromatic rings. The number of carboxylic acid groups (broad SMARTS) is 1. The summed E-state index contributed by atoms with van der Waals surface area (Å²) in [6.45, 7) is 6.65. The fourth-order valence-corrected chi connectivity index (χ4v) is 2.65. The van der Waals surface area contributed by atoms with E-state index in [2.05, 4.69) is 0 Å². The summed E-state index contributed by atoms with van der Waals surface area (Å²) in [7, 11) is -4.09. The summed E-state index contributed by atoms with van der Waals surface area (Å²) in [4.78, 5) is 11.1. The van der Waals surface area contributed by atoms with Gasteiger partial charge in [0, 0.05) is 5.41 Å². The SMILES string of the molecule is Cc1ccc(S(=O)(=O)OC(C(=O)O)C(C)(C)C)cc1. The second-order valence-electron chi connectivity index (χ2n) is 5.45. The second-order valence-corrected chi connectivity index (χ2v) is 7.02. The number of hydrogen-bond donors (Lipinski definition) is 1. The van der Waals surface area contributed by atoms with Crippen LogP contribution in [0.2, 0.25) is 0 Å². The van der Waals surface area contributed by atoms with Crippen molar-refractivity contribution in [2.45, 2.75) is 38.7 Å². The third-order valence-corrected chi connectivity index (χ3v) is 3.84. The molecule has 1 atom stereocenters. The van der Waals surface area contributed by atoms with Crippen LogP contribution in [0.5, 0.6) is 0 Å². The molecule has 1 aromatic carbocycles. The molecule has 6 heteroatoms. The van der Waals surface area contributed by atoms with Gasteiger partial charge in [-0.3, -0.25) is 4.18 Å². The zero-order valence-corrected chi connectivity index (χ0v) is 12.2. The van der Waals surface area contributed by atoms with Crippen molar-refractivity contribution in [1.29, 1.82) is 0 Å². The molecule has 0 aliphatic heterocycles. The van der Waals surface area contributed by atoms with E-state index in [4.69, 9.17) is 9.29 Å². The van der Waals surface area contributed by atoms with Crippen molar-refractivity contribution < 1.29 is 22.5 Å². The highest BCUT2D eigenvalue weighted by molar-refractivity contribution is 7.86. The van der Waals surface area contributed by atoms with Crippen LogP contribution in [0.4, 0.5) is 0 Å². The third-order valence-electron chi connectivity index (χ3n) is 2.54. The molecule has 0 aliphatic carbocycles. The van der Waals surface area contributed by atoms with Gasteiger partial charge in [0.05, 0.1) is 4.90 Å². The lowest BCUT2D eigenvalue weighted by molar-refractivity contribution is -0.149. The Balaban J connectivity index is 3.08. The van der Waals surface area contributed by atoms with Gasteiger partial charge in [-0.1, -0.05) is 38.5 Å². The third kappa shape index (κ3) is 4.04. The molecule has 0 saturated heterocycles. The first-order valence-electron chi connectivity index (χ1n) is 5.77. The summed E-state index contributed by atoms with van der Waals surface area (Å²) in [6.07, 6.45) is -1.43. The van der Waals surface area contributed by atoms with Crippen LogP contribution in [-0.2, 0) is 19.1 Å². The normalized spacial score (nSPS) is 14.1. The minimum absolute atomic E-state index is 0.0476. The number of carboxylic acids is 1. The Bertz CT molecular complexity index is 552. The second kappa shape index (κ2) is 5.30. The van der Waals surface area contributed by atoms with Crippen molar-refractivity contribution in [3.05, 3.63) is 29.8 Å². The first kappa shape index (κ1) is 15.7. The van der Waals surface area contributed by atoms with E-state index >= 15 is 0 Å². The van der Waals surface area contributed by atoms with Crippen molar-refractivity contribution in [2.24, 2.45) is 5.41 Å². The van der Waals surface area contributed by atoms with Gasteiger partial charge in [0.1, 0.15) is 0 Å². The Kier molecular flexibility index (Phi) is 4.37. The maximum Gasteiger partial charge on any atom is 0.334 e. The average molecular weight is 286 g/mol. The summed E-state index contributed by atoms with van der Waals surface area (Å²) in [6, 6.07) is 6.05. The Hall–Kier alpha value is -1.40. The van der Waals surface area contributed by atoms with Crippen LogP contribution in [0, 0.1) is 12.3 Å². The topological polar surface area (TPSA) is 80.7 Å². The Morgan fingerprint density at radius 1 is 1.21 bits per heavy atom. The van der Waals surface area contributed by atoms with E-state index in [1.807, 2.05) is 6.92 Å². The Morgan fingerprint density at radius 2 is 1.68 bits per heavy atom. The van der Waals surface area contributed by atoms with E-state index < -0.39 is 27.6 Å². The average Bonchev–Trinajstić information content (AvgIpc) is 2.24. The maximum absolute atomic E-state index is 12.0. The first-order chi connectivity index (χ1) is 8.54. The Morgan fingerprint density at radius 3 is 2.05 bits per heavy atom. The summed E-state index contributed by atoms with van der Waals surface area (Å²) in [5, 5.41) is 9.07. The van der Waals surface area contributed by atoms with Crippen LogP contribution >= 0.6 is 0 Å². The van der Waals surface area contributed by atoms with Crippen molar-refractivity contribution in [1.82, 2.24) is 0 Å². The first-order valence-corrected chi connectivity index (χ1v) is 7.17. The molecule has 0 fully saturated rings. The summed E-state index contributed by atoms with van der Waals surface area (Å²) < 4.78 is 28.9. The van der Waals surface area contributed by atoms with Gasteiger partial charge in [-0.15, -0.1) is 0 Å². The number of carbonyl (C=O) groups is 1. The number of aryl methyl sites for hydroxylation is 1. The summed E-state index contributed by atoms with van der Waals surface area (Å²) >= 11 is 0. The minimum atomic E-state index is -4.09. The smallest absolute Gasteiger partial charge is 0.334 e. The van der Waals surface area contributed by atoms with Gasteiger partial charge in [-0.25, -0.2) is 4.79 Å². The van der Waals surface area contributed by atoms with E-state index in [0.29, 0.717) is 0 Å². The summed E-state index contributed by atoms with van der Waals surface area (Å²) in [5.74, 6) is -1.30. The van der Waals surface area contributed by atoms with E-state index in [1.165, 1.54) is 12.1 Å².